The zero-order valence-corrected chi connectivity index (χ0v) is 22.3. The standard InChI is InChI=1S/C29H29ClF3N3O4/c30-18-10-8-17(9-11-18)23-21-3-1-2-19(16-6-7-16)24(21)35-27(38)25(34-23)36-26(37)20(12-13-29(31,32)33)22(28(39)40)14-15-4-5-15/h1-3,8-11,15-16,20,22,25H,4-7,12-14H2,(H,35,38)(H,36,37)(H,39,40)/t20?,22?,25-/m1/s1. The number of hydrogen-bond donors (Lipinski definition) is 3. The van der Waals surface area contributed by atoms with E-state index in [9.17, 15) is 32.7 Å². The third-order valence-electron chi connectivity index (χ3n) is 7.68. The fourth-order valence-corrected chi connectivity index (χ4v) is 5.38. The average molecular weight is 576 g/mol. The highest BCUT2D eigenvalue weighted by Crippen LogP contribution is 2.45. The molecule has 212 valence electrons. The van der Waals surface area contributed by atoms with Crippen molar-refractivity contribution in [2.24, 2.45) is 22.7 Å². The molecule has 2 unspecified atom stereocenters. The van der Waals surface area contributed by atoms with E-state index in [2.05, 4.69) is 15.6 Å². The van der Waals surface area contributed by atoms with Crippen LogP contribution in [0.3, 0.4) is 0 Å². The van der Waals surface area contributed by atoms with Crippen molar-refractivity contribution in [1.29, 1.82) is 0 Å². The Morgan fingerprint density at radius 2 is 1.77 bits per heavy atom. The third-order valence-corrected chi connectivity index (χ3v) is 7.94. The zero-order chi connectivity index (χ0) is 28.6. The van der Waals surface area contributed by atoms with E-state index < -0.39 is 54.8 Å². The number of para-hydroxylation sites is 1. The Balaban J connectivity index is 1.49. The maximum absolute atomic E-state index is 13.5. The smallest absolute Gasteiger partial charge is 0.389 e. The highest BCUT2D eigenvalue weighted by molar-refractivity contribution is 6.31. The number of hydrogen-bond acceptors (Lipinski definition) is 4. The predicted molar refractivity (Wildman–Crippen MR) is 143 cm³/mol. The van der Waals surface area contributed by atoms with Crippen LogP contribution in [0.4, 0.5) is 18.9 Å². The Hall–Kier alpha value is -3.40. The van der Waals surface area contributed by atoms with Crippen molar-refractivity contribution in [3.05, 3.63) is 64.2 Å². The molecule has 0 spiro atoms. The Kier molecular flexibility index (Phi) is 7.90. The maximum Gasteiger partial charge on any atom is 0.389 e. The topological polar surface area (TPSA) is 108 Å². The normalized spacial score (nSPS) is 20.4. The van der Waals surface area contributed by atoms with Gasteiger partial charge in [-0.25, -0.2) is 4.99 Å². The molecule has 2 fully saturated rings. The monoisotopic (exact) mass is 575 g/mol. The number of anilines is 1. The summed E-state index contributed by atoms with van der Waals surface area (Å²) in [5.41, 5.74) is 3.18. The quantitative estimate of drug-likeness (QED) is 0.327. The van der Waals surface area contributed by atoms with Crippen LogP contribution in [0.5, 0.6) is 0 Å². The molecule has 2 amide bonds. The fraction of sp³-hybridized carbons (Fsp3) is 0.448. The summed E-state index contributed by atoms with van der Waals surface area (Å²) in [6, 6.07) is 12.4. The SMILES string of the molecule is O=C(O)C(CC1CC1)C(CCC(F)(F)F)C(=O)N[C@H]1N=C(c2ccc(Cl)cc2)c2cccc(C3CC3)c2NC1=O. The first-order valence-corrected chi connectivity index (χ1v) is 13.8. The molecule has 5 rings (SSSR count). The van der Waals surface area contributed by atoms with Gasteiger partial charge in [0.1, 0.15) is 0 Å². The molecule has 3 atom stereocenters. The van der Waals surface area contributed by atoms with Gasteiger partial charge in [-0.1, -0.05) is 54.8 Å². The van der Waals surface area contributed by atoms with Crippen molar-refractivity contribution < 1.29 is 32.7 Å². The summed E-state index contributed by atoms with van der Waals surface area (Å²) >= 11 is 6.08. The molecule has 2 aromatic rings. The lowest BCUT2D eigenvalue weighted by molar-refractivity contribution is -0.154. The fourth-order valence-electron chi connectivity index (χ4n) is 5.25. The van der Waals surface area contributed by atoms with Crippen LogP contribution in [0, 0.1) is 17.8 Å². The van der Waals surface area contributed by atoms with E-state index in [-0.39, 0.29) is 18.3 Å². The first kappa shape index (κ1) is 28.1. The van der Waals surface area contributed by atoms with Crippen LogP contribution in [0.2, 0.25) is 5.02 Å². The van der Waals surface area contributed by atoms with Crippen LogP contribution in [-0.2, 0) is 14.4 Å². The minimum atomic E-state index is -4.57. The average Bonchev–Trinajstić information content (AvgIpc) is 3.80. The number of aliphatic imine (C=N–C) groups is 1. The van der Waals surface area contributed by atoms with E-state index in [1.165, 1.54) is 0 Å². The summed E-state index contributed by atoms with van der Waals surface area (Å²) < 4.78 is 39.4. The Morgan fingerprint density at radius 1 is 1.07 bits per heavy atom. The van der Waals surface area contributed by atoms with Crippen molar-refractivity contribution in [3.63, 3.8) is 0 Å². The molecule has 0 bridgehead atoms. The lowest BCUT2D eigenvalue weighted by atomic mass is 9.83. The van der Waals surface area contributed by atoms with Crippen molar-refractivity contribution in [2.75, 3.05) is 5.32 Å². The number of fused-ring (bicyclic) bond motifs is 1. The van der Waals surface area contributed by atoms with Gasteiger partial charge in [0.25, 0.3) is 5.91 Å². The van der Waals surface area contributed by atoms with Crippen molar-refractivity contribution in [2.45, 2.75) is 63.2 Å². The molecule has 40 heavy (non-hydrogen) atoms. The molecule has 1 heterocycles. The molecule has 2 aliphatic carbocycles. The summed E-state index contributed by atoms with van der Waals surface area (Å²) in [5, 5.41) is 15.7. The number of aliphatic carboxylic acids is 1. The molecular formula is C29H29ClF3N3O4. The van der Waals surface area contributed by atoms with Gasteiger partial charge in [-0.05, 0) is 55.2 Å². The summed E-state index contributed by atoms with van der Waals surface area (Å²) in [5.74, 6) is -5.37. The number of nitrogens with one attached hydrogen (secondary N) is 2. The van der Waals surface area contributed by atoms with Gasteiger partial charge in [0.05, 0.1) is 23.2 Å². The molecule has 1 aliphatic heterocycles. The molecular weight excluding hydrogens is 547 g/mol. The molecule has 11 heteroatoms. The van der Waals surface area contributed by atoms with Crippen molar-refractivity contribution in [1.82, 2.24) is 5.32 Å². The van der Waals surface area contributed by atoms with Crippen LogP contribution in [0.15, 0.2) is 47.5 Å². The van der Waals surface area contributed by atoms with Gasteiger partial charge in [-0.3, -0.25) is 14.4 Å². The van der Waals surface area contributed by atoms with E-state index >= 15 is 0 Å². The number of benzene rings is 2. The summed E-state index contributed by atoms with van der Waals surface area (Å²) in [7, 11) is 0. The Morgan fingerprint density at radius 3 is 2.38 bits per heavy atom. The number of alkyl halides is 3. The van der Waals surface area contributed by atoms with Gasteiger partial charge in [-0.2, -0.15) is 13.2 Å². The van der Waals surface area contributed by atoms with Gasteiger partial charge < -0.3 is 15.7 Å². The molecule has 3 aliphatic rings. The number of benzodiazepines with no additional fused rings is 1. The van der Waals surface area contributed by atoms with E-state index in [0.717, 1.165) is 31.2 Å². The minimum absolute atomic E-state index is 0.0633. The van der Waals surface area contributed by atoms with E-state index in [1.807, 2.05) is 12.1 Å². The van der Waals surface area contributed by atoms with Gasteiger partial charge in [0.15, 0.2) is 0 Å². The second-order valence-corrected chi connectivity index (χ2v) is 11.2. The molecule has 7 nitrogen and oxygen atoms in total. The lowest BCUT2D eigenvalue weighted by Crippen LogP contribution is -2.47. The number of carboxylic acids is 1. The first-order chi connectivity index (χ1) is 19.0. The second kappa shape index (κ2) is 11.2. The van der Waals surface area contributed by atoms with E-state index in [1.54, 1.807) is 30.3 Å². The lowest BCUT2D eigenvalue weighted by Gasteiger charge is -2.25. The number of rotatable bonds is 10. The van der Waals surface area contributed by atoms with Crippen LogP contribution in [0.1, 0.15) is 67.6 Å². The summed E-state index contributed by atoms with van der Waals surface area (Å²) in [6.45, 7) is 0. The molecule has 3 N–H and O–H groups in total. The Labute approximate surface area is 234 Å². The van der Waals surface area contributed by atoms with Gasteiger partial charge in [0, 0.05) is 22.6 Å². The van der Waals surface area contributed by atoms with E-state index in [4.69, 9.17) is 11.6 Å². The predicted octanol–water partition coefficient (Wildman–Crippen LogP) is 5.91. The van der Waals surface area contributed by atoms with Gasteiger partial charge in [0.2, 0.25) is 12.1 Å². The summed E-state index contributed by atoms with van der Waals surface area (Å²) in [6.07, 6.45) is -4.46. The molecule has 0 radical (unpaired) electrons. The van der Waals surface area contributed by atoms with E-state index in [0.29, 0.717) is 27.5 Å². The zero-order valence-electron chi connectivity index (χ0n) is 21.5. The minimum Gasteiger partial charge on any atom is -0.481 e. The highest BCUT2D eigenvalue weighted by Gasteiger charge is 2.42. The Bertz CT molecular complexity index is 1340. The van der Waals surface area contributed by atoms with Crippen LogP contribution >= 0.6 is 11.6 Å². The third kappa shape index (κ3) is 6.66. The van der Waals surface area contributed by atoms with Gasteiger partial charge in [-0.15, -0.1) is 0 Å². The molecule has 0 saturated heterocycles. The van der Waals surface area contributed by atoms with Crippen molar-refractivity contribution in [3.8, 4) is 0 Å². The van der Waals surface area contributed by atoms with Crippen LogP contribution in [-0.4, -0.2) is 40.9 Å². The number of amides is 2. The molecule has 2 saturated carbocycles. The summed E-state index contributed by atoms with van der Waals surface area (Å²) in [4.78, 5) is 43.6. The number of carboxylic acid groups (broad SMARTS) is 1. The number of nitrogens with zero attached hydrogens (tertiary/aromatic N) is 1. The largest absolute Gasteiger partial charge is 0.481 e. The van der Waals surface area contributed by atoms with Crippen LogP contribution < -0.4 is 10.6 Å². The highest BCUT2D eigenvalue weighted by atomic mass is 35.5. The molecule has 0 aromatic heterocycles. The first-order valence-electron chi connectivity index (χ1n) is 13.4. The number of carbonyl (C=O) groups excluding carboxylic acids is 2. The number of carbonyl (C=O) groups is 3. The molecule has 2 aromatic carbocycles. The number of halogens is 4. The van der Waals surface area contributed by atoms with Crippen molar-refractivity contribution >= 4 is 40.8 Å². The van der Waals surface area contributed by atoms with Gasteiger partial charge >= 0.3 is 12.1 Å². The second-order valence-electron chi connectivity index (χ2n) is 10.8. The maximum atomic E-state index is 13.5. The van der Waals surface area contributed by atoms with Crippen LogP contribution in [0.25, 0.3) is 0 Å².